The molecule has 0 amide bonds. The van der Waals surface area contributed by atoms with Crippen molar-refractivity contribution in [2.24, 2.45) is 5.92 Å². The molecule has 1 atom stereocenters. The van der Waals surface area contributed by atoms with Gasteiger partial charge in [0.15, 0.2) is 5.78 Å². The normalized spacial score (nSPS) is 17.3. The van der Waals surface area contributed by atoms with Crippen molar-refractivity contribution in [1.82, 2.24) is 0 Å². The molecule has 94 valence electrons. The maximum atomic E-state index is 12.1. The van der Waals surface area contributed by atoms with Crippen molar-refractivity contribution in [3.8, 4) is 0 Å². The molecule has 1 aliphatic carbocycles. The van der Waals surface area contributed by atoms with E-state index in [-0.39, 0.29) is 0 Å². The van der Waals surface area contributed by atoms with E-state index < -0.39 is 0 Å². The molecule has 1 nitrogen and oxygen atoms in total. The SMILES string of the molecule is CCC(C)CC(=O)c1cc2c(s1)CCCCC2. The lowest BCUT2D eigenvalue weighted by atomic mass is 10.0. The summed E-state index contributed by atoms with van der Waals surface area (Å²) in [5, 5.41) is 0. The molecule has 2 rings (SSSR count). The number of fused-ring (bicyclic) bond motifs is 1. The number of thiophene rings is 1. The molecule has 1 aromatic heterocycles. The third-order valence-electron chi connectivity index (χ3n) is 3.75. The van der Waals surface area contributed by atoms with Crippen LogP contribution in [0.4, 0.5) is 0 Å². The summed E-state index contributed by atoms with van der Waals surface area (Å²) in [5.74, 6) is 0.877. The summed E-state index contributed by atoms with van der Waals surface area (Å²) >= 11 is 1.76. The molecule has 0 aliphatic heterocycles. The molecule has 17 heavy (non-hydrogen) atoms. The molecule has 0 aromatic carbocycles. The molecule has 0 bridgehead atoms. The molecule has 0 N–H and O–H groups in total. The Morgan fingerprint density at radius 3 is 2.88 bits per heavy atom. The van der Waals surface area contributed by atoms with Crippen LogP contribution in [0.15, 0.2) is 6.07 Å². The second-order valence-corrected chi connectivity index (χ2v) is 6.40. The first-order chi connectivity index (χ1) is 8.20. The first-order valence-corrected chi connectivity index (χ1v) is 7.67. The predicted molar refractivity (Wildman–Crippen MR) is 74.0 cm³/mol. The van der Waals surface area contributed by atoms with Crippen molar-refractivity contribution < 1.29 is 4.79 Å². The first-order valence-electron chi connectivity index (χ1n) is 6.85. The lowest BCUT2D eigenvalue weighted by Crippen LogP contribution is -2.03. The Hall–Kier alpha value is -0.630. The minimum absolute atomic E-state index is 0.359. The highest BCUT2D eigenvalue weighted by molar-refractivity contribution is 7.14. The van der Waals surface area contributed by atoms with Crippen LogP contribution >= 0.6 is 11.3 Å². The van der Waals surface area contributed by atoms with Crippen LogP contribution in [0.1, 0.15) is 66.1 Å². The Morgan fingerprint density at radius 2 is 2.12 bits per heavy atom. The van der Waals surface area contributed by atoms with Gasteiger partial charge in [-0.05, 0) is 43.2 Å². The molecular formula is C15H22OS. The van der Waals surface area contributed by atoms with Gasteiger partial charge in [0.05, 0.1) is 4.88 Å². The number of hydrogen-bond donors (Lipinski definition) is 0. The number of carbonyl (C=O) groups is 1. The highest BCUT2D eigenvalue weighted by Crippen LogP contribution is 2.30. The molecule has 0 saturated carbocycles. The summed E-state index contributed by atoms with van der Waals surface area (Å²) in [6.07, 6.45) is 8.12. The topological polar surface area (TPSA) is 17.1 Å². The summed E-state index contributed by atoms with van der Waals surface area (Å²) in [5.41, 5.74) is 1.46. The van der Waals surface area contributed by atoms with E-state index >= 15 is 0 Å². The molecule has 0 radical (unpaired) electrons. The van der Waals surface area contributed by atoms with Crippen molar-refractivity contribution >= 4 is 17.1 Å². The van der Waals surface area contributed by atoms with Crippen LogP contribution in [0, 0.1) is 5.92 Å². The largest absolute Gasteiger partial charge is 0.293 e. The van der Waals surface area contributed by atoms with Gasteiger partial charge in [-0.2, -0.15) is 0 Å². The Bertz CT molecular complexity index is 368. The third-order valence-corrected chi connectivity index (χ3v) is 5.03. The van der Waals surface area contributed by atoms with Crippen molar-refractivity contribution in [3.63, 3.8) is 0 Å². The summed E-state index contributed by atoms with van der Waals surface area (Å²) in [4.78, 5) is 14.6. The smallest absolute Gasteiger partial charge is 0.173 e. The summed E-state index contributed by atoms with van der Waals surface area (Å²) < 4.78 is 0. The highest BCUT2D eigenvalue weighted by Gasteiger charge is 2.17. The van der Waals surface area contributed by atoms with Crippen LogP contribution in [-0.2, 0) is 12.8 Å². The zero-order valence-electron chi connectivity index (χ0n) is 10.9. The molecule has 1 aliphatic rings. The molecular weight excluding hydrogens is 228 g/mol. The maximum Gasteiger partial charge on any atom is 0.173 e. The Balaban J connectivity index is 2.09. The Morgan fingerprint density at radius 1 is 1.35 bits per heavy atom. The number of carbonyl (C=O) groups excluding carboxylic acids is 1. The molecule has 0 saturated heterocycles. The van der Waals surface area contributed by atoms with E-state index in [0.29, 0.717) is 11.7 Å². The summed E-state index contributed by atoms with van der Waals surface area (Å²) in [6, 6.07) is 2.18. The van der Waals surface area contributed by atoms with Gasteiger partial charge in [0.25, 0.3) is 0 Å². The van der Waals surface area contributed by atoms with Gasteiger partial charge in [0.2, 0.25) is 0 Å². The van der Waals surface area contributed by atoms with Gasteiger partial charge in [-0.15, -0.1) is 11.3 Å². The zero-order valence-corrected chi connectivity index (χ0v) is 11.7. The van der Waals surface area contributed by atoms with Gasteiger partial charge < -0.3 is 0 Å². The van der Waals surface area contributed by atoms with E-state index in [1.165, 1.54) is 42.5 Å². The minimum Gasteiger partial charge on any atom is -0.293 e. The van der Waals surface area contributed by atoms with Crippen LogP contribution in [0.2, 0.25) is 0 Å². The van der Waals surface area contributed by atoms with Gasteiger partial charge in [0.1, 0.15) is 0 Å². The molecule has 1 aromatic rings. The quantitative estimate of drug-likeness (QED) is 0.562. The zero-order chi connectivity index (χ0) is 12.3. The number of ketones is 1. The maximum absolute atomic E-state index is 12.1. The van der Waals surface area contributed by atoms with E-state index in [2.05, 4.69) is 19.9 Å². The van der Waals surface area contributed by atoms with Crippen molar-refractivity contribution in [2.75, 3.05) is 0 Å². The Kier molecular flexibility index (Phi) is 4.38. The van der Waals surface area contributed by atoms with Crippen LogP contribution < -0.4 is 0 Å². The highest BCUT2D eigenvalue weighted by atomic mass is 32.1. The van der Waals surface area contributed by atoms with Crippen molar-refractivity contribution in [1.29, 1.82) is 0 Å². The number of aryl methyl sites for hydroxylation is 2. The van der Waals surface area contributed by atoms with E-state index in [9.17, 15) is 4.79 Å². The second-order valence-electron chi connectivity index (χ2n) is 5.26. The lowest BCUT2D eigenvalue weighted by molar-refractivity contribution is 0.0967. The van der Waals surface area contributed by atoms with Gasteiger partial charge in [0, 0.05) is 11.3 Å². The molecule has 1 heterocycles. The fourth-order valence-electron chi connectivity index (χ4n) is 2.37. The van der Waals surface area contributed by atoms with E-state index in [1.54, 1.807) is 11.3 Å². The van der Waals surface area contributed by atoms with E-state index in [1.807, 2.05) is 0 Å². The van der Waals surface area contributed by atoms with Crippen molar-refractivity contribution in [2.45, 2.75) is 58.8 Å². The van der Waals surface area contributed by atoms with Crippen LogP contribution in [0.5, 0.6) is 0 Å². The number of Topliss-reactive ketones (excluding diaryl/α,β-unsaturated/α-hetero) is 1. The molecule has 2 heteroatoms. The predicted octanol–water partition coefficient (Wildman–Crippen LogP) is 4.64. The van der Waals surface area contributed by atoms with Gasteiger partial charge >= 0.3 is 0 Å². The average Bonchev–Trinajstić information content (AvgIpc) is 2.61. The van der Waals surface area contributed by atoms with Crippen LogP contribution in [0.25, 0.3) is 0 Å². The Labute approximate surface area is 108 Å². The second kappa shape index (κ2) is 5.81. The van der Waals surface area contributed by atoms with Crippen LogP contribution in [-0.4, -0.2) is 5.78 Å². The monoisotopic (exact) mass is 250 g/mol. The fourth-order valence-corrected chi connectivity index (χ4v) is 3.57. The fraction of sp³-hybridized carbons (Fsp3) is 0.667. The first kappa shape index (κ1) is 12.8. The van der Waals surface area contributed by atoms with Crippen LogP contribution in [0.3, 0.4) is 0 Å². The third kappa shape index (κ3) is 3.19. The van der Waals surface area contributed by atoms with Gasteiger partial charge in [-0.3, -0.25) is 4.79 Å². The van der Waals surface area contributed by atoms with E-state index in [4.69, 9.17) is 0 Å². The molecule has 1 unspecified atom stereocenters. The lowest BCUT2D eigenvalue weighted by Gasteiger charge is -2.05. The minimum atomic E-state index is 0.359. The molecule has 0 fully saturated rings. The average molecular weight is 250 g/mol. The standard InChI is InChI=1S/C15H22OS/c1-3-11(2)9-13(16)15-10-12-7-5-4-6-8-14(12)17-15/h10-11H,3-9H2,1-2H3. The van der Waals surface area contributed by atoms with Crippen molar-refractivity contribution in [3.05, 3.63) is 21.4 Å². The van der Waals surface area contributed by atoms with Gasteiger partial charge in [-0.1, -0.05) is 26.7 Å². The number of rotatable bonds is 4. The number of hydrogen-bond acceptors (Lipinski definition) is 2. The van der Waals surface area contributed by atoms with Gasteiger partial charge in [-0.25, -0.2) is 0 Å². The summed E-state index contributed by atoms with van der Waals surface area (Å²) in [7, 11) is 0. The summed E-state index contributed by atoms with van der Waals surface area (Å²) in [6.45, 7) is 4.32. The van der Waals surface area contributed by atoms with E-state index in [0.717, 1.165) is 17.7 Å². The molecule has 0 spiro atoms.